The molecule has 0 bridgehead atoms. The number of carbonyl (C=O) groups is 2. The van der Waals surface area contributed by atoms with Gasteiger partial charge in [0.05, 0.1) is 11.9 Å². The largest absolute Gasteiger partial charge is 0.454 e. The molecule has 0 unspecified atom stereocenters. The Bertz CT molecular complexity index is 1190. The minimum atomic E-state index is -3.61. The molecule has 0 spiro atoms. The van der Waals surface area contributed by atoms with Crippen molar-refractivity contribution >= 4 is 39.1 Å². The lowest BCUT2D eigenvalue weighted by Crippen LogP contribution is -2.47. The highest BCUT2D eigenvalue weighted by molar-refractivity contribution is 7.92. The van der Waals surface area contributed by atoms with Crippen LogP contribution in [0.3, 0.4) is 0 Å². The normalized spacial score (nSPS) is 13.2. The minimum absolute atomic E-state index is 0.0581. The first kappa shape index (κ1) is 27.6. The van der Waals surface area contributed by atoms with Gasteiger partial charge in [0.2, 0.25) is 28.6 Å². The summed E-state index contributed by atoms with van der Waals surface area (Å²) >= 11 is 6.11. The molecular weight excluding hydrogens is 506 g/mol. The Morgan fingerprint density at radius 1 is 1.14 bits per heavy atom. The van der Waals surface area contributed by atoms with Gasteiger partial charge in [-0.25, -0.2) is 8.42 Å². The third-order valence-electron chi connectivity index (χ3n) is 5.75. The van der Waals surface area contributed by atoms with Crippen molar-refractivity contribution in [2.75, 3.05) is 30.4 Å². The van der Waals surface area contributed by atoms with Gasteiger partial charge in [-0.2, -0.15) is 0 Å². The quantitative estimate of drug-likeness (QED) is 0.444. The van der Waals surface area contributed by atoms with E-state index in [4.69, 9.17) is 21.1 Å². The highest BCUT2D eigenvalue weighted by Gasteiger charge is 2.27. The van der Waals surface area contributed by atoms with E-state index in [2.05, 4.69) is 5.32 Å². The van der Waals surface area contributed by atoms with E-state index in [9.17, 15) is 18.0 Å². The number of halogens is 1. The molecule has 0 radical (unpaired) electrons. The molecule has 2 amide bonds. The van der Waals surface area contributed by atoms with Crippen molar-refractivity contribution in [1.82, 2.24) is 10.2 Å². The molecule has 1 atom stereocenters. The third-order valence-corrected chi connectivity index (χ3v) is 7.18. The second kappa shape index (κ2) is 12.3. The van der Waals surface area contributed by atoms with E-state index in [0.717, 1.165) is 18.2 Å². The SMILES string of the molecule is CCCNC(=O)[C@@H](C)N(Cc1cccc(Cl)c1)C(=O)CCCN(c1ccc2c(c1)OCO2)S(C)(=O)=O. The number of sulfonamides is 1. The second-order valence-corrected chi connectivity index (χ2v) is 10.9. The zero-order chi connectivity index (χ0) is 26.3. The predicted octanol–water partition coefficient (Wildman–Crippen LogP) is 3.56. The molecule has 1 N–H and O–H groups in total. The van der Waals surface area contributed by atoms with Crippen LogP contribution < -0.4 is 19.1 Å². The third kappa shape index (κ3) is 7.27. The number of hydrogen-bond acceptors (Lipinski definition) is 6. The smallest absolute Gasteiger partial charge is 0.242 e. The average Bonchev–Trinajstić information content (AvgIpc) is 3.30. The summed E-state index contributed by atoms with van der Waals surface area (Å²) in [6.45, 7) is 4.53. The lowest BCUT2D eigenvalue weighted by Gasteiger charge is -2.29. The monoisotopic (exact) mass is 537 g/mol. The van der Waals surface area contributed by atoms with Gasteiger partial charge in [0.15, 0.2) is 11.5 Å². The van der Waals surface area contributed by atoms with Gasteiger partial charge in [-0.3, -0.25) is 13.9 Å². The maximum atomic E-state index is 13.3. The fraction of sp³-hybridized carbons (Fsp3) is 0.440. The second-order valence-electron chi connectivity index (χ2n) is 8.59. The van der Waals surface area contributed by atoms with E-state index in [1.807, 2.05) is 13.0 Å². The molecule has 1 aliphatic heterocycles. The van der Waals surface area contributed by atoms with E-state index in [1.165, 1.54) is 9.21 Å². The van der Waals surface area contributed by atoms with Gasteiger partial charge in [-0.15, -0.1) is 0 Å². The highest BCUT2D eigenvalue weighted by Crippen LogP contribution is 2.36. The zero-order valence-corrected chi connectivity index (χ0v) is 22.3. The van der Waals surface area contributed by atoms with Crippen LogP contribution in [0.15, 0.2) is 42.5 Å². The van der Waals surface area contributed by atoms with Crippen molar-refractivity contribution in [2.24, 2.45) is 0 Å². The van der Waals surface area contributed by atoms with Crippen LogP contribution in [0.4, 0.5) is 5.69 Å². The Kier molecular flexibility index (Phi) is 9.44. The van der Waals surface area contributed by atoms with Crippen LogP contribution in [-0.4, -0.2) is 57.3 Å². The first-order chi connectivity index (χ1) is 17.1. The molecule has 0 aliphatic carbocycles. The molecule has 3 rings (SSSR count). The van der Waals surface area contributed by atoms with Crippen LogP contribution >= 0.6 is 11.6 Å². The van der Waals surface area contributed by atoms with Gasteiger partial charge >= 0.3 is 0 Å². The van der Waals surface area contributed by atoms with Gasteiger partial charge in [-0.05, 0) is 49.6 Å². The summed E-state index contributed by atoms with van der Waals surface area (Å²) in [5.74, 6) is 0.518. The van der Waals surface area contributed by atoms with E-state index >= 15 is 0 Å². The number of nitrogens with one attached hydrogen (secondary N) is 1. The number of ether oxygens (including phenoxy) is 2. The van der Waals surface area contributed by atoms with Crippen molar-refractivity contribution in [2.45, 2.75) is 45.7 Å². The number of fused-ring (bicyclic) bond motifs is 1. The average molecular weight is 538 g/mol. The summed E-state index contributed by atoms with van der Waals surface area (Å²) in [6, 6.07) is 11.3. The molecule has 36 heavy (non-hydrogen) atoms. The summed E-state index contributed by atoms with van der Waals surface area (Å²) in [4.78, 5) is 27.4. The highest BCUT2D eigenvalue weighted by atomic mass is 35.5. The Hall–Kier alpha value is -2.98. The van der Waals surface area contributed by atoms with Crippen molar-refractivity contribution in [3.8, 4) is 11.5 Å². The maximum absolute atomic E-state index is 13.3. The van der Waals surface area contributed by atoms with Crippen molar-refractivity contribution in [3.05, 3.63) is 53.1 Å². The van der Waals surface area contributed by atoms with E-state index < -0.39 is 16.1 Å². The number of hydrogen-bond donors (Lipinski definition) is 1. The standard InChI is InChI=1S/C25H32ClN3O6S/c1-4-12-27-25(31)18(2)28(16-19-7-5-8-20(26)14-19)24(30)9-6-13-29(36(3,32)33)21-10-11-22-23(15-21)35-17-34-22/h5,7-8,10-11,14-15,18H,4,6,9,12-13,16-17H2,1-3H3,(H,27,31)/t18-/m1/s1. The number of carbonyl (C=O) groups excluding carboxylic acids is 2. The zero-order valence-electron chi connectivity index (χ0n) is 20.7. The number of anilines is 1. The molecule has 0 saturated carbocycles. The summed E-state index contributed by atoms with van der Waals surface area (Å²) < 4.78 is 36.9. The van der Waals surface area contributed by atoms with Gasteiger partial charge in [-0.1, -0.05) is 30.7 Å². The lowest BCUT2D eigenvalue weighted by atomic mass is 10.1. The molecule has 9 nitrogen and oxygen atoms in total. The van der Waals surface area contributed by atoms with Gasteiger partial charge in [0.1, 0.15) is 6.04 Å². The van der Waals surface area contributed by atoms with Crippen LogP contribution in [0, 0.1) is 0 Å². The number of rotatable bonds is 12. The topological polar surface area (TPSA) is 105 Å². The van der Waals surface area contributed by atoms with Crippen LogP contribution in [-0.2, 0) is 26.2 Å². The molecule has 1 heterocycles. The minimum Gasteiger partial charge on any atom is -0.454 e. The predicted molar refractivity (Wildman–Crippen MR) is 139 cm³/mol. The van der Waals surface area contributed by atoms with Crippen molar-refractivity contribution in [3.63, 3.8) is 0 Å². The van der Waals surface area contributed by atoms with Gasteiger partial charge < -0.3 is 19.7 Å². The van der Waals surface area contributed by atoms with Crippen molar-refractivity contribution in [1.29, 1.82) is 0 Å². The molecule has 2 aromatic rings. The molecule has 196 valence electrons. The summed E-state index contributed by atoms with van der Waals surface area (Å²) in [7, 11) is -3.61. The van der Waals surface area contributed by atoms with Crippen molar-refractivity contribution < 1.29 is 27.5 Å². The summed E-state index contributed by atoms with van der Waals surface area (Å²) in [5, 5.41) is 3.37. The first-order valence-corrected chi connectivity index (χ1v) is 14.0. The molecule has 0 aromatic heterocycles. The molecule has 1 aliphatic rings. The fourth-order valence-electron chi connectivity index (χ4n) is 3.85. The van der Waals surface area contributed by atoms with Gasteiger partial charge in [0, 0.05) is 37.1 Å². The van der Waals surface area contributed by atoms with E-state index in [-0.39, 0.29) is 44.5 Å². The van der Waals surface area contributed by atoms with E-state index in [1.54, 1.807) is 43.3 Å². The molecule has 0 saturated heterocycles. The molecular formula is C25H32ClN3O6S. The van der Waals surface area contributed by atoms with Crippen LogP contribution in [0.25, 0.3) is 0 Å². The van der Waals surface area contributed by atoms with Crippen LogP contribution in [0.2, 0.25) is 5.02 Å². The Balaban J connectivity index is 1.72. The fourth-order valence-corrected chi connectivity index (χ4v) is 5.02. The van der Waals surface area contributed by atoms with Gasteiger partial charge in [0.25, 0.3) is 0 Å². The molecule has 11 heteroatoms. The summed E-state index contributed by atoms with van der Waals surface area (Å²) in [5.41, 5.74) is 1.22. The number of amides is 2. The Morgan fingerprint density at radius 2 is 1.89 bits per heavy atom. The number of nitrogens with zero attached hydrogens (tertiary/aromatic N) is 2. The molecule has 0 fully saturated rings. The van der Waals surface area contributed by atoms with Crippen LogP contribution in [0.5, 0.6) is 11.5 Å². The number of benzene rings is 2. The van der Waals surface area contributed by atoms with Crippen LogP contribution in [0.1, 0.15) is 38.7 Å². The summed E-state index contributed by atoms with van der Waals surface area (Å²) in [6.07, 6.45) is 2.21. The molecule has 2 aromatic carbocycles. The Morgan fingerprint density at radius 3 is 2.58 bits per heavy atom. The first-order valence-electron chi connectivity index (χ1n) is 11.8. The maximum Gasteiger partial charge on any atom is 0.242 e. The van der Waals surface area contributed by atoms with E-state index in [0.29, 0.717) is 28.8 Å². The Labute approximate surface area is 217 Å². The lowest BCUT2D eigenvalue weighted by molar-refractivity contribution is -0.140.